The van der Waals surface area contributed by atoms with Crippen LogP contribution in [0.1, 0.15) is 16.1 Å². The van der Waals surface area contributed by atoms with Crippen LogP contribution < -0.4 is 5.32 Å². The molecule has 0 saturated carbocycles. The molecule has 6 heteroatoms. The first-order valence-corrected chi connectivity index (χ1v) is 9.51. The second kappa shape index (κ2) is 7.08. The third-order valence-electron chi connectivity index (χ3n) is 4.95. The lowest BCUT2D eigenvalue weighted by molar-refractivity contribution is 0.102. The molecule has 0 unspecified atom stereocenters. The van der Waals surface area contributed by atoms with Crippen molar-refractivity contribution >= 4 is 28.3 Å². The fourth-order valence-corrected chi connectivity index (χ4v) is 3.61. The van der Waals surface area contributed by atoms with Crippen LogP contribution in [-0.2, 0) is 0 Å². The number of imidazole rings is 1. The molecule has 5 rings (SSSR count). The van der Waals surface area contributed by atoms with Crippen LogP contribution in [0.4, 0.5) is 10.2 Å². The van der Waals surface area contributed by atoms with Crippen molar-refractivity contribution in [1.82, 2.24) is 14.4 Å². The Bertz CT molecular complexity index is 1400. The van der Waals surface area contributed by atoms with Gasteiger partial charge in [0.1, 0.15) is 23.0 Å². The van der Waals surface area contributed by atoms with Crippen LogP contribution in [0.25, 0.3) is 27.8 Å². The average molecular weight is 396 g/mol. The summed E-state index contributed by atoms with van der Waals surface area (Å²) in [4.78, 5) is 22.4. The highest BCUT2D eigenvalue weighted by Crippen LogP contribution is 2.29. The molecular formula is C24H17FN4O. The van der Waals surface area contributed by atoms with Crippen LogP contribution in [0.2, 0.25) is 0 Å². The summed E-state index contributed by atoms with van der Waals surface area (Å²) in [5.41, 5.74) is 3.82. The van der Waals surface area contributed by atoms with E-state index in [1.807, 2.05) is 59.1 Å². The predicted octanol–water partition coefficient (Wildman–Crippen LogP) is 5.25. The van der Waals surface area contributed by atoms with E-state index in [2.05, 4.69) is 10.3 Å². The molecule has 3 aromatic heterocycles. The summed E-state index contributed by atoms with van der Waals surface area (Å²) in [7, 11) is 0. The van der Waals surface area contributed by atoms with Crippen molar-refractivity contribution in [2.45, 2.75) is 6.92 Å². The molecule has 0 aliphatic heterocycles. The fraction of sp³-hybridized carbons (Fsp3) is 0.0417. The summed E-state index contributed by atoms with van der Waals surface area (Å²) < 4.78 is 15.5. The maximum Gasteiger partial charge on any atom is 0.257 e. The minimum atomic E-state index is -0.389. The minimum Gasteiger partial charge on any atom is -0.306 e. The van der Waals surface area contributed by atoms with Crippen LogP contribution >= 0.6 is 0 Å². The molecule has 0 radical (unpaired) electrons. The molecule has 2 aromatic carbocycles. The summed E-state index contributed by atoms with van der Waals surface area (Å²) in [5, 5.41) is 3.61. The molecule has 3 heterocycles. The summed E-state index contributed by atoms with van der Waals surface area (Å²) in [6.07, 6.45) is 1.86. The number of hydrogen-bond acceptors (Lipinski definition) is 3. The van der Waals surface area contributed by atoms with Gasteiger partial charge in [0.05, 0.1) is 11.1 Å². The van der Waals surface area contributed by atoms with Gasteiger partial charge in [0.25, 0.3) is 5.91 Å². The molecule has 0 spiro atoms. The van der Waals surface area contributed by atoms with Gasteiger partial charge in [-0.15, -0.1) is 0 Å². The Balaban J connectivity index is 1.65. The lowest BCUT2D eigenvalue weighted by atomic mass is 10.1. The standard InChI is InChI=1S/C24H17FN4O/c1-15-13-19(18-11-10-17(25)14-20(18)26-15)24(30)28-23-22(16-7-3-2-4-8-16)27-21-9-5-6-12-29(21)23/h2-14H,1H3,(H,28,30). The summed E-state index contributed by atoms with van der Waals surface area (Å²) in [5.74, 6) is -0.119. The number of aromatic nitrogens is 3. The number of anilines is 1. The molecule has 5 aromatic rings. The number of pyridine rings is 2. The average Bonchev–Trinajstić information content (AvgIpc) is 3.12. The van der Waals surface area contributed by atoms with Crippen molar-refractivity contribution in [2.24, 2.45) is 0 Å². The first-order chi connectivity index (χ1) is 14.6. The third kappa shape index (κ3) is 3.08. The van der Waals surface area contributed by atoms with E-state index in [1.54, 1.807) is 19.1 Å². The lowest BCUT2D eigenvalue weighted by Crippen LogP contribution is -2.15. The maximum absolute atomic E-state index is 13.7. The van der Waals surface area contributed by atoms with Crippen molar-refractivity contribution in [3.8, 4) is 11.3 Å². The Morgan fingerprint density at radius 1 is 0.967 bits per heavy atom. The van der Waals surface area contributed by atoms with Crippen molar-refractivity contribution in [3.63, 3.8) is 0 Å². The number of carbonyl (C=O) groups is 1. The van der Waals surface area contributed by atoms with E-state index in [0.29, 0.717) is 33.7 Å². The largest absolute Gasteiger partial charge is 0.306 e. The van der Waals surface area contributed by atoms with E-state index >= 15 is 0 Å². The number of nitrogens with one attached hydrogen (secondary N) is 1. The van der Waals surface area contributed by atoms with Crippen LogP contribution in [0.3, 0.4) is 0 Å². The molecule has 146 valence electrons. The number of nitrogens with zero attached hydrogens (tertiary/aromatic N) is 3. The molecule has 5 nitrogen and oxygen atoms in total. The highest BCUT2D eigenvalue weighted by molar-refractivity contribution is 6.13. The topological polar surface area (TPSA) is 59.3 Å². The summed E-state index contributed by atoms with van der Waals surface area (Å²) >= 11 is 0. The molecule has 0 bridgehead atoms. The van der Waals surface area contributed by atoms with Crippen molar-refractivity contribution in [2.75, 3.05) is 5.32 Å². The Labute approximate surface area is 171 Å². The quantitative estimate of drug-likeness (QED) is 0.453. The number of hydrogen-bond donors (Lipinski definition) is 1. The summed E-state index contributed by atoms with van der Waals surface area (Å²) in [6, 6.07) is 21.3. The smallest absolute Gasteiger partial charge is 0.257 e. The second-order valence-electron chi connectivity index (χ2n) is 7.03. The molecule has 0 fully saturated rings. The monoisotopic (exact) mass is 396 g/mol. The van der Waals surface area contributed by atoms with E-state index in [4.69, 9.17) is 4.98 Å². The zero-order chi connectivity index (χ0) is 20.7. The van der Waals surface area contributed by atoms with Crippen LogP contribution in [0.15, 0.2) is 79.0 Å². The van der Waals surface area contributed by atoms with Gasteiger partial charge in [0.15, 0.2) is 0 Å². The zero-order valence-electron chi connectivity index (χ0n) is 16.1. The summed E-state index contributed by atoms with van der Waals surface area (Å²) in [6.45, 7) is 1.78. The Morgan fingerprint density at radius 3 is 2.60 bits per heavy atom. The first-order valence-electron chi connectivity index (χ1n) is 9.51. The number of rotatable bonds is 3. The normalized spacial score (nSPS) is 11.1. The van der Waals surface area contributed by atoms with Crippen LogP contribution in [-0.4, -0.2) is 20.3 Å². The number of carbonyl (C=O) groups excluding carboxylic acids is 1. The SMILES string of the molecule is Cc1cc(C(=O)Nc2c(-c3ccccc3)nc3ccccn23)c2ccc(F)cc2n1. The number of amides is 1. The van der Waals surface area contributed by atoms with Crippen molar-refractivity contribution in [3.05, 3.63) is 96.1 Å². The van der Waals surface area contributed by atoms with Crippen molar-refractivity contribution < 1.29 is 9.18 Å². The lowest BCUT2D eigenvalue weighted by Gasteiger charge is -2.11. The van der Waals surface area contributed by atoms with E-state index in [9.17, 15) is 9.18 Å². The highest BCUT2D eigenvalue weighted by atomic mass is 19.1. The third-order valence-corrected chi connectivity index (χ3v) is 4.95. The molecule has 0 aliphatic carbocycles. The highest BCUT2D eigenvalue weighted by Gasteiger charge is 2.19. The molecule has 1 amide bonds. The molecule has 1 N–H and O–H groups in total. The molecule has 30 heavy (non-hydrogen) atoms. The number of benzene rings is 2. The van der Waals surface area contributed by atoms with Gasteiger partial charge in [0.2, 0.25) is 0 Å². The van der Waals surface area contributed by atoms with Gasteiger partial charge >= 0.3 is 0 Å². The number of fused-ring (bicyclic) bond motifs is 2. The van der Waals surface area contributed by atoms with Gasteiger partial charge in [-0.3, -0.25) is 14.2 Å². The Morgan fingerprint density at radius 2 is 1.77 bits per heavy atom. The van der Waals surface area contributed by atoms with Gasteiger partial charge < -0.3 is 5.32 Å². The second-order valence-corrected chi connectivity index (χ2v) is 7.03. The maximum atomic E-state index is 13.7. The Hall–Kier alpha value is -4.06. The van der Waals surface area contributed by atoms with E-state index in [1.165, 1.54) is 12.1 Å². The molecule has 0 aliphatic rings. The first kappa shape index (κ1) is 18.0. The van der Waals surface area contributed by atoms with E-state index in [0.717, 1.165) is 11.2 Å². The predicted molar refractivity (Wildman–Crippen MR) is 115 cm³/mol. The van der Waals surface area contributed by atoms with Crippen LogP contribution in [0, 0.1) is 12.7 Å². The van der Waals surface area contributed by atoms with E-state index < -0.39 is 0 Å². The number of halogens is 1. The fourth-order valence-electron chi connectivity index (χ4n) is 3.61. The zero-order valence-corrected chi connectivity index (χ0v) is 16.1. The molecular weight excluding hydrogens is 379 g/mol. The Kier molecular flexibility index (Phi) is 4.25. The van der Waals surface area contributed by atoms with Gasteiger partial charge in [-0.1, -0.05) is 36.4 Å². The van der Waals surface area contributed by atoms with E-state index in [-0.39, 0.29) is 11.7 Å². The van der Waals surface area contributed by atoms with Crippen LogP contribution in [0.5, 0.6) is 0 Å². The van der Waals surface area contributed by atoms with Gasteiger partial charge in [0, 0.05) is 28.9 Å². The molecule has 0 saturated heterocycles. The van der Waals surface area contributed by atoms with Crippen molar-refractivity contribution in [1.29, 1.82) is 0 Å². The van der Waals surface area contributed by atoms with Gasteiger partial charge in [-0.25, -0.2) is 9.37 Å². The van der Waals surface area contributed by atoms with Gasteiger partial charge in [-0.2, -0.15) is 0 Å². The minimum absolute atomic E-state index is 0.306. The molecule has 0 atom stereocenters. The number of aryl methyl sites for hydroxylation is 1. The van der Waals surface area contributed by atoms with Gasteiger partial charge in [-0.05, 0) is 37.3 Å².